The molecule has 0 aliphatic carbocycles. The normalized spacial score (nSPS) is 13.8. The van der Waals surface area contributed by atoms with Gasteiger partial charge in [0.1, 0.15) is 11.9 Å². The molecular formula is C23H20N4O5. The van der Waals surface area contributed by atoms with Crippen molar-refractivity contribution in [3.05, 3.63) is 98.2 Å². The van der Waals surface area contributed by atoms with E-state index < -0.39 is 35.0 Å². The zero-order valence-electron chi connectivity index (χ0n) is 17.4. The van der Waals surface area contributed by atoms with Gasteiger partial charge in [-0.3, -0.25) is 33.2 Å². The number of nitrogens with zero attached hydrogens (tertiary/aromatic N) is 3. The quantitative estimate of drug-likeness (QED) is 0.603. The van der Waals surface area contributed by atoms with Gasteiger partial charge in [0.05, 0.1) is 11.1 Å². The van der Waals surface area contributed by atoms with Gasteiger partial charge in [-0.15, -0.1) is 0 Å². The number of aromatic nitrogens is 2. The third kappa shape index (κ3) is 3.53. The summed E-state index contributed by atoms with van der Waals surface area (Å²) in [6.07, 6.45) is 0.0664. The number of hydrogen-bond donors (Lipinski definition) is 1. The lowest BCUT2D eigenvalue weighted by Gasteiger charge is -2.26. The van der Waals surface area contributed by atoms with Crippen LogP contribution in [0.5, 0.6) is 0 Å². The third-order valence-electron chi connectivity index (χ3n) is 5.49. The highest BCUT2D eigenvalue weighted by molar-refractivity contribution is 6.23. The average Bonchev–Trinajstić information content (AvgIpc) is 3.05. The Balaban J connectivity index is 1.73. The van der Waals surface area contributed by atoms with Crippen molar-refractivity contribution in [3.8, 4) is 0 Å². The van der Waals surface area contributed by atoms with Gasteiger partial charge in [0, 0.05) is 26.6 Å². The standard InChI is InChI=1S/C23H20N4O5/c1-25-18(13-19(28)26(2)23(25)32)24-20(29)17(12-14-8-4-3-5-9-14)27-21(30)15-10-6-7-11-16(15)22(27)31/h3-11,13,17H,12H2,1-2H3,(H,24,29). The summed E-state index contributed by atoms with van der Waals surface area (Å²) in [6, 6.07) is 15.3. The molecule has 4 rings (SSSR count). The molecule has 2 aromatic carbocycles. The van der Waals surface area contributed by atoms with Crippen molar-refractivity contribution < 1.29 is 14.4 Å². The number of carbonyl (C=O) groups is 3. The van der Waals surface area contributed by atoms with Crippen LogP contribution in [0.2, 0.25) is 0 Å². The van der Waals surface area contributed by atoms with Gasteiger partial charge in [0.2, 0.25) is 5.91 Å². The van der Waals surface area contributed by atoms with E-state index in [0.29, 0.717) is 0 Å². The highest BCUT2D eigenvalue weighted by Gasteiger charge is 2.42. The van der Waals surface area contributed by atoms with Gasteiger partial charge in [-0.2, -0.15) is 0 Å². The molecule has 1 aliphatic heterocycles. The van der Waals surface area contributed by atoms with Gasteiger partial charge in [-0.25, -0.2) is 4.79 Å². The van der Waals surface area contributed by atoms with Crippen LogP contribution in [0, 0.1) is 0 Å². The summed E-state index contributed by atoms with van der Waals surface area (Å²) in [4.78, 5) is 64.6. The predicted molar refractivity (Wildman–Crippen MR) is 116 cm³/mol. The number of amides is 3. The van der Waals surface area contributed by atoms with Crippen LogP contribution in [0.1, 0.15) is 26.3 Å². The number of nitrogens with one attached hydrogen (secondary N) is 1. The van der Waals surface area contributed by atoms with Crippen LogP contribution in [-0.4, -0.2) is 37.8 Å². The van der Waals surface area contributed by atoms with Crippen LogP contribution in [0.25, 0.3) is 0 Å². The average molecular weight is 432 g/mol. The molecule has 9 heteroatoms. The summed E-state index contributed by atoms with van der Waals surface area (Å²) in [7, 11) is 2.73. The maximum atomic E-state index is 13.3. The number of fused-ring (bicyclic) bond motifs is 1. The Kier molecular flexibility index (Phi) is 5.31. The van der Waals surface area contributed by atoms with Crippen LogP contribution < -0.4 is 16.6 Å². The van der Waals surface area contributed by atoms with Crippen molar-refractivity contribution in [1.29, 1.82) is 0 Å². The van der Waals surface area contributed by atoms with Gasteiger partial charge < -0.3 is 5.32 Å². The van der Waals surface area contributed by atoms with Gasteiger partial charge in [-0.05, 0) is 17.7 Å². The van der Waals surface area contributed by atoms with Gasteiger partial charge >= 0.3 is 5.69 Å². The Morgan fingerprint density at radius 1 is 0.844 bits per heavy atom. The largest absolute Gasteiger partial charge is 0.332 e. The van der Waals surface area contributed by atoms with Crippen molar-refractivity contribution in [2.75, 3.05) is 5.32 Å². The molecule has 0 fully saturated rings. The molecule has 9 nitrogen and oxygen atoms in total. The molecule has 0 radical (unpaired) electrons. The first-order chi connectivity index (χ1) is 15.3. The van der Waals surface area contributed by atoms with Crippen LogP contribution in [0.4, 0.5) is 5.82 Å². The number of imide groups is 1. The van der Waals surface area contributed by atoms with Crippen LogP contribution in [0.3, 0.4) is 0 Å². The lowest BCUT2D eigenvalue weighted by atomic mass is 10.0. The molecule has 3 amide bonds. The molecule has 32 heavy (non-hydrogen) atoms. The summed E-state index contributed by atoms with van der Waals surface area (Å²) in [5.74, 6) is -1.86. The van der Waals surface area contributed by atoms with Crippen LogP contribution >= 0.6 is 0 Å². The minimum Gasteiger partial charge on any atom is -0.310 e. The lowest BCUT2D eigenvalue weighted by molar-refractivity contribution is -0.120. The van der Waals surface area contributed by atoms with E-state index >= 15 is 0 Å². The van der Waals surface area contributed by atoms with Crippen LogP contribution in [0.15, 0.2) is 70.3 Å². The summed E-state index contributed by atoms with van der Waals surface area (Å²) < 4.78 is 2.02. The number of anilines is 1. The van der Waals surface area contributed by atoms with E-state index in [1.807, 2.05) is 6.07 Å². The second kappa shape index (κ2) is 8.10. The highest BCUT2D eigenvalue weighted by atomic mass is 16.2. The maximum Gasteiger partial charge on any atom is 0.332 e. The Hall–Kier alpha value is -4.27. The summed E-state index contributed by atoms with van der Waals surface area (Å²) in [5, 5.41) is 2.55. The minimum atomic E-state index is -1.19. The van der Waals surface area contributed by atoms with E-state index in [2.05, 4.69) is 5.32 Å². The fourth-order valence-corrected chi connectivity index (χ4v) is 3.69. The first kappa shape index (κ1) is 21.0. The Labute approximate surface area is 182 Å². The monoisotopic (exact) mass is 432 g/mol. The topological polar surface area (TPSA) is 110 Å². The molecule has 162 valence electrons. The molecule has 1 aliphatic rings. The lowest BCUT2D eigenvalue weighted by Crippen LogP contribution is -2.49. The van der Waals surface area contributed by atoms with Gasteiger partial charge in [-0.1, -0.05) is 42.5 Å². The fraction of sp³-hybridized carbons (Fsp3) is 0.174. The van der Waals surface area contributed by atoms with E-state index in [1.54, 1.807) is 36.4 Å². The van der Waals surface area contributed by atoms with E-state index in [1.165, 1.54) is 26.2 Å². The molecule has 0 spiro atoms. The van der Waals surface area contributed by atoms with Crippen molar-refractivity contribution in [1.82, 2.24) is 14.0 Å². The van der Waals surface area contributed by atoms with E-state index in [9.17, 15) is 24.0 Å². The van der Waals surface area contributed by atoms with Crippen molar-refractivity contribution in [2.45, 2.75) is 12.5 Å². The molecule has 2 heterocycles. The number of benzene rings is 2. The zero-order chi connectivity index (χ0) is 23.0. The molecule has 1 unspecified atom stereocenters. The zero-order valence-corrected chi connectivity index (χ0v) is 17.4. The van der Waals surface area contributed by atoms with Crippen molar-refractivity contribution >= 4 is 23.5 Å². The molecule has 1 aromatic heterocycles. The molecule has 0 saturated heterocycles. The second-order valence-electron chi connectivity index (χ2n) is 7.49. The SMILES string of the molecule is Cn1c(NC(=O)C(Cc2ccccc2)N2C(=O)c3ccccc3C2=O)cc(=O)n(C)c1=O. The number of hydrogen-bond acceptors (Lipinski definition) is 5. The molecule has 0 saturated carbocycles. The molecule has 1 N–H and O–H groups in total. The Bertz CT molecular complexity index is 1320. The minimum absolute atomic E-state index is 0.0298. The summed E-state index contributed by atoms with van der Waals surface area (Å²) >= 11 is 0. The summed E-state index contributed by atoms with van der Waals surface area (Å²) in [5.41, 5.74) is -0.0207. The Morgan fingerprint density at radius 2 is 1.41 bits per heavy atom. The van der Waals surface area contributed by atoms with Gasteiger partial charge in [0.25, 0.3) is 17.4 Å². The first-order valence-corrected chi connectivity index (χ1v) is 9.88. The fourth-order valence-electron chi connectivity index (χ4n) is 3.69. The van der Waals surface area contributed by atoms with Crippen molar-refractivity contribution in [2.24, 2.45) is 14.1 Å². The first-order valence-electron chi connectivity index (χ1n) is 9.88. The molecule has 0 bridgehead atoms. The van der Waals surface area contributed by atoms with Crippen molar-refractivity contribution in [3.63, 3.8) is 0 Å². The van der Waals surface area contributed by atoms with E-state index in [4.69, 9.17) is 0 Å². The third-order valence-corrected chi connectivity index (χ3v) is 5.49. The van der Waals surface area contributed by atoms with Gasteiger partial charge in [0.15, 0.2) is 0 Å². The predicted octanol–water partition coefficient (Wildman–Crippen LogP) is 0.930. The highest BCUT2D eigenvalue weighted by Crippen LogP contribution is 2.26. The molecule has 3 aromatic rings. The maximum absolute atomic E-state index is 13.3. The molecule has 1 atom stereocenters. The number of rotatable bonds is 5. The van der Waals surface area contributed by atoms with E-state index in [0.717, 1.165) is 25.7 Å². The van der Waals surface area contributed by atoms with E-state index in [-0.39, 0.29) is 23.4 Å². The number of carbonyl (C=O) groups excluding carboxylic acids is 3. The Morgan fingerprint density at radius 3 is 2.00 bits per heavy atom. The molecular weight excluding hydrogens is 412 g/mol. The summed E-state index contributed by atoms with van der Waals surface area (Å²) in [6.45, 7) is 0. The van der Waals surface area contributed by atoms with Crippen LogP contribution in [-0.2, 0) is 25.3 Å². The second-order valence-corrected chi connectivity index (χ2v) is 7.49. The smallest absolute Gasteiger partial charge is 0.310 e.